The normalized spacial score (nSPS) is 21.4. The summed E-state index contributed by atoms with van der Waals surface area (Å²) in [5, 5.41) is 14.8. The fraction of sp³-hybridized carbons (Fsp3) is 0.550. The fourth-order valence-electron chi connectivity index (χ4n) is 3.98. The van der Waals surface area contributed by atoms with E-state index in [0.29, 0.717) is 6.54 Å². The van der Waals surface area contributed by atoms with E-state index in [9.17, 15) is 4.79 Å². The molecule has 0 bridgehead atoms. The largest absolute Gasteiger partial charge is 0.355 e. The molecule has 0 saturated carbocycles. The van der Waals surface area contributed by atoms with E-state index in [1.165, 1.54) is 31.5 Å². The summed E-state index contributed by atoms with van der Waals surface area (Å²) in [7, 11) is 0. The van der Waals surface area contributed by atoms with Crippen molar-refractivity contribution in [1.29, 1.82) is 0 Å². The summed E-state index contributed by atoms with van der Waals surface area (Å²) in [6.07, 6.45) is 5.36. The molecule has 2 aromatic rings. The molecule has 2 atom stereocenters. The van der Waals surface area contributed by atoms with Crippen molar-refractivity contribution in [3.63, 3.8) is 0 Å². The van der Waals surface area contributed by atoms with Gasteiger partial charge < -0.3 is 10.6 Å². The highest BCUT2D eigenvalue weighted by Crippen LogP contribution is 2.23. The summed E-state index contributed by atoms with van der Waals surface area (Å²) in [5.74, 6) is 0.0638. The van der Waals surface area contributed by atoms with Crippen LogP contribution >= 0.6 is 24.8 Å². The van der Waals surface area contributed by atoms with Gasteiger partial charge in [-0.05, 0) is 44.8 Å². The summed E-state index contributed by atoms with van der Waals surface area (Å²) in [6.45, 7) is 6.78. The molecule has 3 heterocycles. The van der Waals surface area contributed by atoms with Crippen molar-refractivity contribution < 1.29 is 4.79 Å². The second-order valence-corrected chi connectivity index (χ2v) is 7.51. The number of likely N-dealkylation sites (N-methyl/N-ethyl adjacent to an activating group) is 1. The third-order valence-electron chi connectivity index (χ3n) is 5.51. The zero-order chi connectivity index (χ0) is 18.6. The first-order valence-corrected chi connectivity index (χ1v) is 9.97. The summed E-state index contributed by atoms with van der Waals surface area (Å²) in [5.41, 5.74) is 3.31. The van der Waals surface area contributed by atoms with E-state index >= 15 is 0 Å². The van der Waals surface area contributed by atoms with Gasteiger partial charge in [-0.2, -0.15) is 0 Å². The Kier molecular flexibility index (Phi) is 8.89. The molecule has 1 aromatic heterocycles. The minimum atomic E-state index is -0.146. The van der Waals surface area contributed by atoms with Crippen LogP contribution in [0.3, 0.4) is 0 Å². The van der Waals surface area contributed by atoms with Crippen molar-refractivity contribution in [2.75, 3.05) is 26.2 Å². The maximum atomic E-state index is 12.0. The molecule has 0 spiro atoms. The summed E-state index contributed by atoms with van der Waals surface area (Å²) in [4.78, 5) is 14.5. The van der Waals surface area contributed by atoms with Crippen molar-refractivity contribution in [2.24, 2.45) is 0 Å². The van der Waals surface area contributed by atoms with Crippen molar-refractivity contribution in [3.05, 3.63) is 36.0 Å². The number of carbonyl (C=O) groups excluding carboxylic acids is 1. The molecule has 2 fully saturated rings. The first kappa shape index (κ1) is 23.6. The highest BCUT2D eigenvalue weighted by molar-refractivity contribution is 5.85. The van der Waals surface area contributed by atoms with Crippen LogP contribution < -0.4 is 10.6 Å². The number of aromatic nitrogens is 3. The lowest BCUT2D eigenvalue weighted by molar-refractivity contribution is -0.122. The molecule has 1 aromatic carbocycles. The lowest BCUT2D eigenvalue weighted by Gasteiger charge is -2.14. The molecule has 160 valence electrons. The number of nitrogens with one attached hydrogen (secondary N) is 2. The number of carbonyl (C=O) groups is 1. The van der Waals surface area contributed by atoms with Crippen LogP contribution in [0.5, 0.6) is 0 Å². The van der Waals surface area contributed by atoms with E-state index in [-0.39, 0.29) is 42.8 Å². The molecule has 0 unspecified atom stereocenters. The van der Waals surface area contributed by atoms with E-state index in [1.807, 2.05) is 17.8 Å². The Hall–Kier alpha value is -1.67. The molecule has 2 N–H and O–H groups in total. The number of benzene rings is 1. The average Bonchev–Trinajstić information content (AvgIpc) is 3.43. The highest BCUT2D eigenvalue weighted by atomic mass is 35.5. The van der Waals surface area contributed by atoms with Gasteiger partial charge in [-0.25, -0.2) is 4.68 Å². The molecule has 2 aliphatic heterocycles. The fourth-order valence-corrected chi connectivity index (χ4v) is 3.98. The standard InChI is InChI=1S/C20H28N6O.2ClH/c1-2-21-20(27)18-11-17(12-22-18)26-14-19(23-24-26)16-7-5-15(6-8-16)13-25-9-3-4-10-25;;/h5-8,14,17-18,22H,2-4,9-13H2,1H3,(H,21,27);2*1H/t17-,18+;;/m1../s1. The predicted molar refractivity (Wildman–Crippen MR) is 119 cm³/mol. The van der Waals surface area contributed by atoms with Gasteiger partial charge in [-0.1, -0.05) is 29.5 Å². The summed E-state index contributed by atoms with van der Waals surface area (Å²) >= 11 is 0. The van der Waals surface area contributed by atoms with Crippen molar-refractivity contribution in [3.8, 4) is 11.3 Å². The van der Waals surface area contributed by atoms with Gasteiger partial charge in [0.1, 0.15) is 5.69 Å². The zero-order valence-electron chi connectivity index (χ0n) is 16.7. The number of halogens is 2. The third kappa shape index (κ3) is 5.69. The maximum absolute atomic E-state index is 12.0. The minimum absolute atomic E-state index is 0. The van der Waals surface area contributed by atoms with Crippen molar-refractivity contribution in [1.82, 2.24) is 30.5 Å². The van der Waals surface area contributed by atoms with Crippen LogP contribution in [0.2, 0.25) is 0 Å². The SMILES string of the molecule is CCNC(=O)[C@@H]1C[C@@H](n2cc(-c3ccc(CN4CCCC4)cc3)nn2)CN1.Cl.Cl. The Bertz CT molecular complexity index is 776. The van der Waals surface area contributed by atoms with Gasteiger partial charge in [-0.3, -0.25) is 9.69 Å². The van der Waals surface area contributed by atoms with Gasteiger partial charge in [0.2, 0.25) is 5.91 Å². The van der Waals surface area contributed by atoms with Gasteiger partial charge in [0.05, 0.1) is 18.3 Å². The average molecular weight is 441 g/mol. The zero-order valence-corrected chi connectivity index (χ0v) is 18.3. The highest BCUT2D eigenvalue weighted by Gasteiger charge is 2.30. The second kappa shape index (κ2) is 10.9. The van der Waals surface area contributed by atoms with Gasteiger partial charge in [0.25, 0.3) is 0 Å². The van der Waals surface area contributed by atoms with Gasteiger partial charge >= 0.3 is 0 Å². The number of hydrogen-bond donors (Lipinski definition) is 2. The van der Waals surface area contributed by atoms with E-state index in [2.05, 4.69) is 50.1 Å². The number of rotatable bonds is 6. The molecule has 9 heteroatoms. The molecule has 2 saturated heterocycles. The molecule has 0 radical (unpaired) electrons. The van der Waals surface area contributed by atoms with Crippen LogP contribution in [0.25, 0.3) is 11.3 Å². The first-order valence-electron chi connectivity index (χ1n) is 9.97. The Labute approximate surface area is 184 Å². The smallest absolute Gasteiger partial charge is 0.237 e. The predicted octanol–water partition coefficient (Wildman–Crippen LogP) is 2.42. The van der Waals surface area contributed by atoms with Gasteiger partial charge in [-0.15, -0.1) is 29.9 Å². The number of amides is 1. The number of hydrogen-bond acceptors (Lipinski definition) is 5. The molecule has 29 heavy (non-hydrogen) atoms. The number of nitrogens with zero attached hydrogens (tertiary/aromatic N) is 4. The topological polar surface area (TPSA) is 75.1 Å². The lowest BCUT2D eigenvalue weighted by atomic mass is 10.1. The van der Waals surface area contributed by atoms with Gasteiger partial charge in [0.15, 0.2) is 0 Å². The monoisotopic (exact) mass is 440 g/mol. The number of likely N-dealkylation sites (tertiary alicyclic amines) is 1. The summed E-state index contributed by atoms with van der Waals surface area (Å²) in [6, 6.07) is 8.65. The van der Waals surface area contributed by atoms with E-state index < -0.39 is 0 Å². The molecular formula is C20H30Cl2N6O. The maximum Gasteiger partial charge on any atom is 0.237 e. The van der Waals surface area contributed by atoms with Crippen molar-refractivity contribution >= 4 is 30.7 Å². The van der Waals surface area contributed by atoms with Gasteiger partial charge in [0, 0.05) is 25.2 Å². The van der Waals surface area contributed by atoms with Crippen LogP contribution in [0.1, 0.15) is 37.8 Å². The Morgan fingerprint density at radius 1 is 1.21 bits per heavy atom. The molecule has 2 aliphatic rings. The van der Waals surface area contributed by atoms with Crippen LogP contribution in [0.15, 0.2) is 30.5 Å². The Morgan fingerprint density at radius 3 is 2.62 bits per heavy atom. The minimum Gasteiger partial charge on any atom is -0.355 e. The quantitative estimate of drug-likeness (QED) is 0.721. The Morgan fingerprint density at radius 2 is 1.93 bits per heavy atom. The summed E-state index contributed by atoms with van der Waals surface area (Å²) < 4.78 is 1.89. The van der Waals surface area contributed by atoms with Crippen LogP contribution in [-0.4, -0.2) is 58.0 Å². The molecule has 7 nitrogen and oxygen atoms in total. The van der Waals surface area contributed by atoms with Crippen LogP contribution in [-0.2, 0) is 11.3 Å². The Balaban J connectivity index is 0.00000150. The second-order valence-electron chi connectivity index (χ2n) is 7.51. The third-order valence-corrected chi connectivity index (χ3v) is 5.51. The van der Waals surface area contributed by atoms with E-state index in [4.69, 9.17) is 0 Å². The van der Waals surface area contributed by atoms with Crippen LogP contribution in [0.4, 0.5) is 0 Å². The van der Waals surface area contributed by atoms with Crippen molar-refractivity contribution in [2.45, 2.75) is 44.8 Å². The van der Waals surface area contributed by atoms with Crippen LogP contribution in [0, 0.1) is 0 Å². The lowest BCUT2D eigenvalue weighted by Crippen LogP contribution is -2.40. The molecule has 1 amide bonds. The molecule has 0 aliphatic carbocycles. The van der Waals surface area contributed by atoms with E-state index in [0.717, 1.165) is 30.8 Å². The van der Waals surface area contributed by atoms with E-state index in [1.54, 1.807) is 0 Å². The molecular weight excluding hydrogens is 411 g/mol. The molecule has 4 rings (SSSR count). The first-order chi connectivity index (χ1) is 13.2.